The van der Waals surface area contributed by atoms with Crippen molar-refractivity contribution in [3.8, 4) is 0 Å². The summed E-state index contributed by atoms with van der Waals surface area (Å²) < 4.78 is 39.2. The number of nitrogens with one attached hydrogen (secondary N) is 1. The van der Waals surface area contributed by atoms with Crippen molar-refractivity contribution in [1.82, 2.24) is 9.55 Å². The number of sulfone groups is 1. The third-order valence-electron chi connectivity index (χ3n) is 3.76. The second-order valence-electron chi connectivity index (χ2n) is 5.93. The fraction of sp³-hybridized carbons (Fsp3) is 0.111. The number of rotatable bonds is 5. The molecule has 6 nitrogen and oxygen atoms in total. The summed E-state index contributed by atoms with van der Waals surface area (Å²) in [5.41, 5.74) is 0.330. The molecule has 2 aromatic carbocycles. The SMILES string of the molecule is Cn1ccnc1Sc1ccc(F)cc1NC(=O)c1ccc(Cl)c(S(C)(=O)=O)c1. The first-order valence-corrected chi connectivity index (χ1v) is 11.0. The van der Waals surface area contributed by atoms with E-state index in [2.05, 4.69) is 10.3 Å². The lowest BCUT2D eigenvalue weighted by atomic mass is 10.2. The number of hydrogen-bond acceptors (Lipinski definition) is 5. The molecule has 0 aliphatic carbocycles. The third-order valence-corrected chi connectivity index (χ3v) is 6.49. The topological polar surface area (TPSA) is 81.1 Å². The monoisotopic (exact) mass is 439 g/mol. The molecule has 10 heteroatoms. The number of imidazole rings is 1. The number of anilines is 1. The van der Waals surface area contributed by atoms with Crippen molar-refractivity contribution in [1.29, 1.82) is 0 Å². The second-order valence-corrected chi connectivity index (χ2v) is 9.34. The molecule has 0 saturated carbocycles. The van der Waals surface area contributed by atoms with Gasteiger partial charge in [0.1, 0.15) is 5.82 Å². The van der Waals surface area contributed by atoms with E-state index in [1.165, 1.54) is 48.2 Å². The van der Waals surface area contributed by atoms with Crippen molar-refractivity contribution in [2.24, 2.45) is 7.05 Å². The zero-order valence-corrected chi connectivity index (χ0v) is 17.2. The van der Waals surface area contributed by atoms with Gasteiger partial charge in [0.25, 0.3) is 5.91 Å². The molecule has 0 aliphatic rings. The lowest BCUT2D eigenvalue weighted by molar-refractivity contribution is 0.102. The number of nitrogens with zero attached hydrogens (tertiary/aromatic N) is 2. The zero-order chi connectivity index (χ0) is 20.5. The van der Waals surface area contributed by atoms with Gasteiger partial charge in [-0.05, 0) is 48.2 Å². The number of amides is 1. The molecule has 3 rings (SSSR count). The van der Waals surface area contributed by atoms with Crippen LogP contribution in [0.5, 0.6) is 0 Å². The molecule has 1 amide bonds. The number of aryl methyl sites for hydroxylation is 1. The second kappa shape index (κ2) is 7.94. The summed E-state index contributed by atoms with van der Waals surface area (Å²) in [6, 6.07) is 7.94. The Labute approximate surface area is 170 Å². The Hall–Kier alpha value is -2.36. The first-order valence-electron chi connectivity index (χ1n) is 7.91. The molecule has 28 heavy (non-hydrogen) atoms. The maximum absolute atomic E-state index is 13.8. The molecule has 0 fully saturated rings. The van der Waals surface area contributed by atoms with E-state index in [-0.39, 0.29) is 21.2 Å². The summed E-state index contributed by atoms with van der Waals surface area (Å²) in [4.78, 5) is 17.3. The van der Waals surface area contributed by atoms with Crippen LogP contribution in [-0.4, -0.2) is 30.1 Å². The summed E-state index contributed by atoms with van der Waals surface area (Å²) in [6.45, 7) is 0. The van der Waals surface area contributed by atoms with Crippen LogP contribution >= 0.6 is 23.4 Å². The van der Waals surface area contributed by atoms with E-state index >= 15 is 0 Å². The van der Waals surface area contributed by atoms with Crippen LogP contribution in [0.2, 0.25) is 5.02 Å². The van der Waals surface area contributed by atoms with Gasteiger partial charge in [-0.1, -0.05) is 11.6 Å². The van der Waals surface area contributed by atoms with Crippen molar-refractivity contribution in [3.63, 3.8) is 0 Å². The summed E-state index contributed by atoms with van der Waals surface area (Å²) in [7, 11) is -1.79. The summed E-state index contributed by atoms with van der Waals surface area (Å²) in [6.07, 6.45) is 4.40. The number of carbonyl (C=O) groups excluding carboxylic acids is 1. The minimum atomic E-state index is -3.60. The van der Waals surface area contributed by atoms with Gasteiger partial charge in [0.15, 0.2) is 15.0 Å². The molecule has 0 bridgehead atoms. The molecule has 0 spiro atoms. The molecule has 0 radical (unpaired) electrons. The predicted octanol–water partition coefficient (Wildman–Crippen LogP) is 4.02. The average Bonchev–Trinajstić information content (AvgIpc) is 3.01. The van der Waals surface area contributed by atoms with E-state index < -0.39 is 21.6 Å². The fourth-order valence-electron chi connectivity index (χ4n) is 2.36. The molecule has 0 atom stereocenters. The van der Waals surface area contributed by atoms with E-state index in [0.29, 0.717) is 10.1 Å². The van der Waals surface area contributed by atoms with E-state index in [9.17, 15) is 17.6 Å². The molecular formula is C18H15ClFN3O3S2. The van der Waals surface area contributed by atoms with Crippen molar-refractivity contribution in [2.75, 3.05) is 11.6 Å². The summed E-state index contributed by atoms with van der Waals surface area (Å²) in [5, 5.41) is 3.31. The van der Waals surface area contributed by atoms with Crippen LogP contribution in [0.25, 0.3) is 0 Å². The number of hydrogen-bond donors (Lipinski definition) is 1. The molecule has 1 heterocycles. The van der Waals surface area contributed by atoms with Gasteiger partial charge in [-0.2, -0.15) is 0 Å². The lowest BCUT2D eigenvalue weighted by Gasteiger charge is -2.12. The largest absolute Gasteiger partial charge is 0.329 e. The predicted molar refractivity (Wildman–Crippen MR) is 106 cm³/mol. The highest BCUT2D eigenvalue weighted by molar-refractivity contribution is 7.99. The van der Waals surface area contributed by atoms with E-state index in [0.717, 1.165) is 6.26 Å². The van der Waals surface area contributed by atoms with E-state index in [1.54, 1.807) is 17.0 Å². The van der Waals surface area contributed by atoms with Gasteiger partial charge >= 0.3 is 0 Å². The molecule has 0 unspecified atom stereocenters. The van der Waals surface area contributed by atoms with Gasteiger partial charge in [0, 0.05) is 36.2 Å². The Morgan fingerprint density at radius 2 is 2.00 bits per heavy atom. The Balaban J connectivity index is 1.92. The van der Waals surface area contributed by atoms with Crippen molar-refractivity contribution < 1.29 is 17.6 Å². The molecule has 1 aromatic heterocycles. The van der Waals surface area contributed by atoms with Crippen LogP contribution in [0.4, 0.5) is 10.1 Å². The summed E-state index contributed by atoms with van der Waals surface area (Å²) in [5.74, 6) is -1.11. The highest BCUT2D eigenvalue weighted by atomic mass is 35.5. The van der Waals surface area contributed by atoms with Gasteiger partial charge in [-0.25, -0.2) is 17.8 Å². The van der Waals surface area contributed by atoms with Gasteiger partial charge in [-0.15, -0.1) is 0 Å². The number of benzene rings is 2. The number of halogens is 2. The van der Waals surface area contributed by atoms with Crippen LogP contribution in [0.1, 0.15) is 10.4 Å². The van der Waals surface area contributed by atoms with E-state index in [4.69, 9.17) is 11.6 Å². The third kappa shape index (κ3) is 4.54. The van der Waals surface area contributed by atoms with E-state index in [1.807, 2.05) is 7.05 Å². The van der Waals surface area contributed by atoms with Crippen LogP contribution in [-0.2, 0) is 16.9 Å². The van der Waals surface area contributed by atoms with Crippen LogP contribution in [0.15, 0.2) is 63.7 Å². The van der Waals surface area contributed by atoms with Gasteiger partial charge in [0.2, 0.25) is 0 Å². The average molecular weight is 440 g/mol. The van der Waals surface area contributed by atoms with Crippen LogP contribution in [0.3, 0.4) is 0 Å². The fourth-order valence-corrected chi connectivity index (χ4v) is 4.53. The minimum absolute atomic E-state index is 0.0239. The van der Waals surface area contributed by atoms with Crippen molar-refractivity contribution >= 4 is 44.8 Å². The molecule has 0 aliphatic heterocycles. The quantitative estimate of drug-likeness (QED) is 0.649. The summed E-state index contributed by atoms with van der Waals surface area (Å²) >= 11 is 7.17. The first-order chi connectivity index (χ1) is 13.1. The maximum atomic E-state index is 13.8. The standard InChI is InChI=1S/C18H15ClFN3O3S2/c1-23-8-7-21-18(23)27-15-6-4-12(20)10-14(15)22-17(24)11-3-5-13(19)16(9-11)28(2,25)26/h3-10H,1-2H3,(H,22,24). The van der Waals surface area contributed by atoms with Crippen molar-refractivity contribution in [3.05, 3.63) is 65.2 Å². The Kier molecular flexibility index (Phi) is 5.78. The molecule has 3 aromatic rings. The smallest absolute Gasteiger partial charge is 0.255 e. The van der Waals surface area contributed by atoms with Crippen LogP contribution in [0, 0.1) is 5.82 Å². The van der Waals surface area contributed by atoms with Crippen LogP contribution < -0.4 is 5.32 Å². The first kappa shape index (κ1) is 20.4. The molecule has 1 N–H and O–H groups in total. The number of carbonyl (C=O) groups is 1. The van der Waals surface area contributed by atoms with Gasteiger partial charge in [0.05, 0.1) is 15.6 Å². The Morgan fingerprint density at radius 3 is 2.64 bits per heavy atom. The Bertz CT molecular complexity index is 1160. The maximum Gasteiger partial charge on any atom is 0.255 e. The normalized spacial score (nSPS) is 11.4. The Morgan fingerprint density at radius 1 is 1.25 bits per heavy atom. The molecule has 0 saturated heterocycles. The van der Waals surface area contributed by atoms with Crippen molar-refractivity contribution in [2.45, 2.75) is 14.9 Å². The zero-order valence-electron chi connectivity index (χ0n) is 14.8. The lowest BCUT2D eigenvalue weighted by Crippen LogP contribution is -2.14. The minimum Gasteiger partial charge on any atom is -0.329 e. The van der Waals surface area contributed by atoms with Gasteiger partial charge < -0.3 is 9.88 Å². The highest BCUT2D eigenvalue weighted by Gasteiger charge is 2.17. The highest BCUT2D eigenvalue weighted by Crippen LogP contribution is 2.33. The molecular weight excluding hydrogens is 425 g/mol. The van der Waals surface area contributed by atoms with Gasteiger partial charge in [-0.3, -0.25) is 4.79 Å². The molecule has 146 valence electrons. The number of aromatic nitrogens is 2.